The van der Waals surface area contributed by atoms with Gasteiger partial charge in [0.2, 0.25) is 0 Å². The lowest BCUT2D eigenvalue weighted by molar-refractivity contribution is -0.274. The van der Waals surface area contributed by atoms with E-state index >= 15 is 0 Å². The predicted octanol–water partition coefficient (Wildman–Crippen LogP) is 3.04. The number of nitrogens with one attached hydrogen (secondary N) is 1. The molecule has 156 valence electrons. The number of aryl methyl sites for hydroxylation is 1. The SMILES string of the molecule is CCc1nnc2n1CC1CCC(C2)N1C(=O)NCc1ccc(OC(F)(F)F)cc1. The van der Waals surface area contributed by atoms with Crippen LogP contribution in [0.25, 0.3) is 0 Å². The molecule has 1 N–H and O–H groups in total. The molecule has 2 atom stereocenters. The molecule has 0 saturated carbocycles. The minimum atomic E-state index is -4.72. The van der Waals surface area contributed by atoms with E-state index in [-0.39, 0.29) is 30.4 Å². The van der Waals surface area contributed by atoms with E-state index in [1.165, 1.54) is 24.3 Å². The number of halogens is 3. The molecule has 1 aromatic heterocycles. The first kappa shape index (κ1) is 19.5. The van der Waals surface area contributed by atoms with Gasteiger partial charge in [-0.1, -0.05) is 19.1 Å². The van der Waals surface area contributed by atoms with Crippen LogP contribution in [0.4, 0.5) is 18.0 Å². The number of hydrogen-bond donors (Lipinski definition) is 1. The molecule has 1 aromatic carbocycles. The Morgan fingerprint density at radius 1 is 1.21 bits per heavy atom. The molecular formula is C19H22F3N5O2. The van der Waals surface area contributed by atoms with Crippen molar-refractivity contribution in [3.05, 3.63) is 41.5 Å². The third-order valence-corrected chi connectivity index (χ3v) is 5.49. The molecule has 2 aliphatic heterocycles. The quantitative estimate of drug-likeness (QED) is 0.843. The first-order chi connectivity index (χ1) is 13.8. The summed E-state index contributed by atoms with van der Waals surface area (Å²) in [7, 11) is 0. The van der Waals surface area contributed by atoms with Crippen molar-refractivity contribution in [1.29, 1.82) is 0 Å². The van der Waals surface area contributed by atoms with Gasteiger partial charge in [0.1, 0.15) is 17.4 Å². The van der Waals surface area contributed by atoms with E-state index in [1.807, 2.05) is 11.8 Å². The van der Waals surface area contributed by atoms with Crippen molar-refractivity contribution in [2.75, 3.05) is 0 Å². The molecule has 1 fully saturated rings. The Morgan fingerprint density at radius 2 is 1.93 bits per heavy atom. The lowest BCUT2D eigenvalue weighted by Gasteiger charge is -2.28. The standard InChI is InChI=1S/C19H22F3N5O2/c1-2-16-24-25-17-9-13-5-6-14(11-26(16)17)27(13)18(28)23-10-12-3-7-15(8-4-12)29-19(20,21)22/h3-4,7-8,13-14H,2,5-6,9-11H2,1H3,(H,23,28). The number of nitrogens with zero attached hydrogens (tertiary/aromatic N) is 4. The second-order valence-electron chi connectivity index (χ2n) is 7.34. The smallest absolute Gasteiger partial charge is 0.406 e. The number of carbonyl (C=O) groups is 1. The zero-order valence-corrected chi connectivity index (χ0v) is 15.9. The maximum absolute atomic E-state index is 12.9. The summed E-state index contributed by atoms with van der Waals surface area (Å²) in [6, 6.07) is 5.50. The highest BCUT2D eigenvalue weighted by atomic mass is 19.4. The minimum absolute atomic E-state index is 0.0812. The van der Waals surface area contributed by atoms with Gasteiger partial charge in [-0.2, -0.15) is 0 Å². The molecule has 7 nitrogen and oxygen atoms in total. The predicted molar refractivity (Wildman–Crippen MR) is 97.1 cm³/mol. The Hall–Kier alpha value is -2.78. The molecule has 4 rings (SSSR count). The van der Waals surface area contributed by atoms with Gasteiger partial charge in [0, 0.05) is 32.0 Å². The molecule has 29 heavy (non-hydrogen) atoms. The van der Waals surface area contributed by atoms with Crippen LogP contribution >= 0.6 is 0 Å². The Morgan fingerprint density at radius 3 is 2.62 bits per heavy atom. The van der Waals surface area contributed by atoms with E-state index in [9.17, 15) is 18.0 Å². The fourth-order valence-electron chi connectivity index (χ4n) is 4.17. The van der Waals surface area contributed by atoms with Crippen LogP contribution in [0.5, 0.6) is 5.75 Å². The summed E-state index contributed by atoms with van der Waals surface area (Å²) in [5, 5.41) is 11.4. The number of hydrogen-bond acceptors (Lipinski definition) is 4. The first-order valence-corrected chi connectivity index (χ1v) is 9.66. The van der Waals surface area contributed by atoms with Gasteiger partial charge in [-0.3, -0.25) is 0 Å². The van der Waals surface area contributed by atoms with Crippen LogP contribution in [0, 0.1) is 0 Å². The molecule has 10 heteroatoms. The number of aromatic nitrogens is 3. The Labute approximate surface area is 165 Å². The molecule has 2 unspecified atom stereocenters. The molecule has 2 aliphatic rings. The van der Waals surface area contributed by atoms with Crippen LogP contribution in [0.15, 0.2) is 24.3 Å². The second kappa shape index (κ2) is 7.57. The number of ether oxygens (including phenoxy) is 1. The molecule has 2 amide bonds. The molecular weight excluding hydrogens is 387 g/mol. The van der Waals surface area contributed by atoms with E-state index in [0.717, 1.165) is 30.9 Å². The largest absolute Gasteiger partial charge is 0.573 e. The Bertz CT molecular complexity index is 881. The maximum atomic E-state index is 12.9. The molecule has 2 aromatic rings. The summed E-state index contributed by atoms with van der Waals surface area (Å²) in [5.41, 5.74) is 0.695. The molecule has 1 saturated heterocycles. The highest BCUT2D eigenvalue weighted by Crippen LogP contribution is 2.31. The third-order valence-electron chi connectivity index (χ3n) is 5.49. The number of carbonyl (C=O) groups excluding carboxylic acids is 1. The van der Waals surface area contributed by atoms with E-state index < -0.39 is 6.36 Å². The fraction of sp³-hybridized carbons (Fsp3) is 0.526. The normalized spacial score (nSPS) is 20.9. The summed E-state index contributed by atoms with van der Waals surface area (Å²) < 4.78 is 42.7. The lowest BCUT2D eigenvalue weighted by atomic mass is 10.1. The van der Waals surface area contributed by atoms with Gasteiger partial charge in [-0.15, -0.1) is 23.4 Å². The number of benzene rings is 1. The number of alkyl halides is 3. The van der Waals surface area contributed by atoms with Crippen molar-refractivity contribution in [3.8, 4) is 5.75 Å². The van der Waals surface area contributed by atoms with Gasteiger partial charge in [-0.25, -0.2) is 4.79 Å². The van der Waals surface area contributed by atoms with E-state index in [0.29, 0.717) is 18.5 Å². The fourth-order valence-corrected chi connectivity index (χ4v) is 4.17. The van der Waals surface area contributed by atoms with Crippen molar-refractivity contribution in [2.45, 2.75) is 64.1 Å². The first-order valence-electron chi connectivity index (χ1n) is 9.66. The van der Waals surface area contributed by atoms with E-state index in [2.05, 4.69) is 24.8 Å². The maximum Gasteiger partial charge on any atom is 0.573 e. The number of fused-ring (bicyclic) bond motifs is 3. The lowest BCUT2D eigenvalue weighted by Crippen LogP contribution is -2.47. The van der Waals surface area contributed by atoms with Crippen molar-refractivity contribution < 1.29 is 22.7 Å². The van der Waals surface area contributed by atoms with E-state index in [4.69, 9.17) is 0 Å². The summed E-state index contributed by atoms with van der Waals surface area (Å²) in [6.45, 7) is 2.96. The van der Waals surface area contributed by atoms with Gasteiger partial charge < -0.3 is 19.5 Å². The van der Waals surface area contributed by atoms with Crippen LogP contribution in [0.1, 0.15) is 37.0 Å². The van der Waals surface area contributed by atoms with Crippen molar-refractivity contribution in [1.82, 2.24) is 25.0 Å². The van der Waals surface area contributed by atoms with Gasteiger partial charge >= 0.3 is 12.4 Å². The van der Waals surface area contributed by atoms with Crippen LogP contribution in [-0.2, 0) is 25.9 Å². The van der Waals surface area contributed by atoms with Crippen LogP contribution < -0.4 is 10.1 Å². The van der Waals surface area contributed by atoms with Gasteiger partial charge in [-0.05, 0) is 30.5 Å². The highest BCUT2D eigenvalue weighted by molar-refractivity contribution is 5.75. The second-order valence-corrected chi connectivity index (χ2v) is 7.34. The van der Waals surface area contributed by atoms with Gasteiger partial charge in [0.05, 0.1) is 6.04 Å². The Balaban J connectivity index is 1.39. The number of rotatable bonds is 4. The van der Waals surface area contributed by atoms with Crippen LogP contribution in [-0.4, -0.2) is 44.1 Å². The van der Waals surface area contributed by atoms with Crippen LogP contribution in [0.3, 0.4) is 0 Å². The van der Waals surface area contributed by atoms with Crippen molar-refractivity contribution >= 4 is 6.03 Å². The van der Waals surface area contributed by atoms with Crippen LogP contribution in [0.2, 0.25) is 0 Å². The van der Waals surface area contributed by atoms with Crippen molar-refractivity contribution in [3.63, 3.8) is 0 Å². The summed E-state index contributed by atoms with van der Waals surface area (Å²) in [5.74, 6) is 1.58. The summed E-state index contributed by atoms with van der Waals surface area (Å²) in [4.78, 5) is 14.8. The molecule has 0 radical (unpaired) electrons. The van der Waals surface area contributed by atoms with Gasteiger partial charge in [0.25, 0.3) is 0 Å². The monoisotopic (exact) mass is 409 g/mol. The van der Waals surface area contributed by atoms with E-state index in [1.54, 1.807) is 0 Å². The molecule has 0 aliphatic carbocycles. The molecule has 3 heterocycles. The topological polar surface area (TPSA) is 72.3 Å². The summed E-state index contributed by atoms with van der Waals surface area (Å²) >= 11 is 0. The molecule has 2 bridgehead atoms. The average molecular weight is 409 g/mol. The summed E-state index contributed by atoms with van der Waals surface area (Å²) in [6.07, 6.45) is -1.38. The molecule has 0 spiro atoms. The average Bonchev–Trinajstić information content (AvgIpc) is 3.18. The minimum Gasteiger partial charge on any atom is -0.406 e. The third kappa shape index (κ3) is 4.15. The van der Waals surface area contributed by atoms with Crippen molar-refractivity contribution in [2.24, 2.45) is 0 Å². The zero-order valence-electron chi connectivity index (χ0n) is 15.9. The highest BCUT2D eigenvalue weighted by Gasteiger charge is 2.41. The Kier molecular flexibility index (Phi) is 5.10. The zero-order chi connectivity index (χ0) is 20.6. The number of amides is 2. The van der Waals surface area contributed by atoms with Gasteiger partial charge in [0.15, 0.2) is 0 Å². The number of urea groups is 1.